The molecule has 1 heterocycles. The van der Waals surface area contributed by atoms with Crippen LogP contribution in [0.5, 0.6) is 0 Å². The van der Waals surface area contributed by atoms with Gasteiger partial charge in [0.2, 0.25) is 5.91 Å². The minimum Gasteiger partial charge on any atom is -0.458 e. The van der Waals surface area contributed by atoms with Crippen LogP contribution in [0.2, 0.25) is 0 Å². The fourth-order valence-corrected chi connectivity index (χ4v) is 2.40. The molecule has 0 unspecified atom stereocenters. The molecule has 1 saturated heterocycles. The van der Waals surface area contributed by atoms with Gasteiger partial charge in [-0.25, -0.2) is 4.79 Å². The maximum Gasteiger partial charge on any atom is 0.329 e. The lowest BCUT2D eigenvalue weighted by Crippen LogP contribution is -2.48. The Hall–Kier alpha value is -1.88. The Morgan fingerprint density at radius 1 is 1.27 bits per heavy atom. The maximum absolute atomic E-state index is 12.3. The Morgan fingerprint density at radius 3 is 2.59 bits per heavy atom. The zero-order valence-electron chi connectivity index (χ0n) is 13.4. The number of rotatable bonds is 3. The molecule has 1 fully saturated rings. The van der Waals surface area contributed by atoms with Crippen molar-refractivity contribution in [3.8, 4) is 0 Å². The highest BCUT2D eigenvalue weighted by molar-refractivity contribution is 5.88. The van der Waals surface area contributed by atoms with Gasteiger partial charge in [-0.15, -0.1) is 0 Å². The van der Waals surface area contributed by atoms with Crippen LogP contribution in [0.4, 0.5) is 0 Å². The van der Waals surface area contributed by atoms with Gasteiger partial charge < -0.3 is 15.4 Å². The first kappa shape index (κ1) is 16.5. The van der Waals surface area contributed by atoms with E-state index in [1.54, 1.807) is 0 Å². The summed E-state index contributed by atoms with van der Waals surface area (Å²) in [6.07, 6.45) is 1.14. The van der Waals surface area contributed by atoms with Crippen LogP contribution >= 0.6 is 0 Å². The number of hydrogen-bond donors (Lipinski definition) is 2. The third kappa shape index (κ3) is 4.84. The molecule has 1 aliphatic heterocycles. The van der Waals surface area contributed by atoms with Crippen LogP contribution in [-0.2, 0) is 20.7 Å². The molecule has 1 aromatic rings. The van der Waals surface area contributed by atoms with Gasteiger partial charge in [-0.3, -0.25) is 4.79 Å². The first-order chi connectivity index (χ1) is 10.3. The second kappa shape index (κ2) is 6.92. The van der Waals surface area contributed by atoms with E-state index in [4.69, 9.17) is 4.74 Å². The minimum absolute atomic E-state index is 0.155. The highest BCUT2D eigenvalue weighted by Gasteiger charge is 2.31. The normalized spacial score (nSPS) is 22.6. The largest absolute Gasteiger partial charge is 0.458 e. The summed E-state index contributed by atoms with van der Waals surface area (Å²) in [7, 11) is 0. The number of ether oxygens (including phenoxy) is 1. The molecule has 1 aromatic carbocycles. The molecule has 0 aliphatic carbocycles. The van der Waals surface area contributed by atoms with Gasteiger partial charge in [-0.2, -0.15) is 0 Å². The molecule has 22 heavy (non-hydrogen) atoms. The highest BCUT2D eigenvalue weighted by Crippen LogP contribution is 2.12. The van der Waals surface area contributed by atoms with Gasteiger partial charge in [0.15, 0.2) is 0 Å². The molecule has 120 valence electrons. The van der Waals surface area contributed by atoms with Crippen molar-refractivity contribution >= 4 is 11.9 Å². The molecule has 0 aromatic heterocycles. The average molecular weight is 304 g/mol. The lowest BCUT2D eigenvalue weighted by molar-refractivity contribution is -0.158. The highest BCUT2D eigenvalue weighted by atomic mass is 16.6. The van der Waals surface area contributed by atoms with Crippen LogP contribution in [0.25, 0.3) is 0 Å². The van der Waals surface area contributed by atoms with Crippen molar-refractivity contribution in [3.63, 3.8) is 0 Å². The predicted molar refractivity (Wildman–Crippen MR) is 84.3 cm³/mol. The fraction of sp³-hybridized carbons (Fsp3) is 0.529. The van der Waals surface area contributed by atoms with E-state index in [0.717, 1.165) is 5.56 Å². The quantitative estimate of drug-likeness (QED) is 0.829. The van der Waals surface area contributed by atoms with E-state index in [-0.39, 0.29) is 17.9 Å². The van der Waals surface area contributed by atoms with Gasteiger partial charge in [0.25, 0.3) is 0 Å². The summed E-state index contributed by atoms with van der Waals surface area (Å²) in [5.41, 5.74) is 0.538. The second-order valence-corrected chi connectivity index (χ2v) is 6.58. The van der Waals surface area contributed by atoms with E-state index < -0.39 is 11.6 Å². The van der Waals surface area contributed by atoms with Crippen LogP contribution in [0.3, 0.4) is 0 Å². The molecule has 0 saturated carbocycles. The smallest absolute Gasteiger partial charge is 0.329 e. The number of nitrogens with one attached hydrogen (secondary N) is 2. The molecular weight excluding hydrogens is 280 g/mol. The number of carbonyl (C=O) groups is 2. The monoisotopic (exact) mass is 304 g/mol. The Balaban J connectivity index is 1.97. The van der Waals surface area contributed by atoms with E-state index >= 15 is 0 Å². The Labute approximate surface area is 131 Å². The van der Waals surface area contributed by atoms with Crippen molar-refractivity contribution in [1.82, 2.24) is 10.6 Å². The minimum atomic E-state index is -0.583. The molecule has 0 bridgehead atoms. The summed E-state index contributed by atoms with van der Waals surface area (Å²) in [5, 5.41) is 6.00. The zero-order valence-corrected chi connectivity index (χ0v) is 13.4. The van der Waals surface area contributed by atoms with Crippen LogP contribution in [0.15, 0.2) is 30.3 Å². The van der Waals surface area contributed by atoms with E-state index in [2.05, 4.69) is 10.6 Å². The molecule has 5 nitrogen and oxygen atoms in total. The molecule has 1 amide bonds. The molecule has 0 radical (unpaired) electrons. The average Bonchev–Trinajstić information content (AvgIpc) is 2.61. The molecule has 0 spiro atoms. The van der Waals surface area contributed by atoms with Crippen molar-refractivity contribution in [1.29, 1.82) is 0 Å². The van der Waals surface area contributed by atoms with Gasteiger partial charge >= 0.3 is 5.97 Å². The van der Waals surface area contributed by atoms with E-state index in [1.807, 2.05) is 51.1 Å². The van der Waals surface area contributed by atoms with Gasteiger partial charge in [0.1, 0.15) is 11.6 Å². The molecular formula is C17H24N2O3. The van der Waals surface area contributed by atoms with Gasteiger partial charge in [0, 0.05) is 0 Å². The number of amides is 1. The van der Waals surface area contributed by atoms with Gasteiger partial charge in [0.05, 0.1) is 6.04 Å². The zero-order chi connectivity index (χ0) is 16.2. The molecule has 5 heteroatoms. The predicted octanol–water partition coefficient (Wildman–Crippen LogP) is 1.42. The molecule has 2 atom stereocenters. The molecule has 2 N–H and O–H groups in total. The van der Waals surface area contributed by atoms with Crippen molar-refractivity contribution < 1.29 is 14.3 Å². The Morgan fingerprint density at radius 2 is 1.95 bits per heavy atom. The third-order valence-electron chi connectivity index (χ3n) is 3.43. The number of carbonyl (C=O) groups excluding carboxylic acids is 2. The standard InChI is InChI=1S/C17H24N2O3/c1-17(2,3)22-16(21)13-9-10-18-14(15(20)19-13)11-12-7-5-4-6-8-12/h4-8,13-14,18H,9-11H2,1-3H3,(H,19,20)/t13-,14-/m0/s1. The number of hydrogen-bond acceptors (Lipinski definition) is 4. The lowest BCUT2D eigenvalue weighted by atomic mass is 10.1. The van der Waals surface area contributed by atoms with E-state index in [0.29, 0.717) is 19.4 Å². The van der Waals surface area contributed by atoms with Crippen LogP contribution in [-0.4, -0.2) is 36.1 Å². The summed E-state index contributed by atoms with van der Waals surface area (Å²) in [6, 6.07) is 8.93. The van der Waals surface area contributed by atoms with Crippen LogP contribution in [0.1, 0.15) is 32.8 Å². The SMILES string of the molecule is CC(C)(C)OC(=O)[C@@H]1CCN[C@@H](Cc2ccccc2)C(=O)N1. The lowest BCUT2D eigenvalue weighted by Gasteiger charge is -2.23. The number of benzene rings is 1. The second-order valence-electron chi connectivity index (χ2n) is 6.58. The third-order valence-corrected chi connectivity index (χ3v) is 3.43. The topological polar surface area (TPSA) is 67.4 Å². The van der Waals surface area contributed by atoms with Crippen LogP contribution in [0, 0.1) is 0 Å². The summed E-state index contributed by atoms with van der Waals surface area (Å²) >= 11 is 0. The Kier molecular flexibility index (Phi) is 5.19. The first-order valence-electron chi connectivity index (χ1n) is 7.66. The summed E-state index contributed by atoms with van der Waals surface area (Å²) in [5.74, 6) is -0.528. The van der Waals surface area contributed by atoms with Gasteiger partial charge in [-0.05, 0) is 45.7 Å². The van der Waals surface area contributed by atoms with Crippen molar-refractivity contribution in [2.24, 2.45) is 0 Å². The Bertz CT molecular complexity index is 522. The van der Waals surface area contributed by atoms with E-state index in [1.165, 1.54) is 0 Å². The van der Waals surface area contributed by atoms with Crippen molar-refractivity contribution in [2.45, 2.75) is 51.3 Å². The summed E-state index contributed by atoms with van der Waals surface area (Å²) < 4.78 is 5.35. The van der Waals surface area contributed by atoms with Gasteiger partial charge in [-0.1, -0.05) is 30.3 Å². The molecule has 2 rings (SSSR count). The number of esters is 1. The van der Waals surface area contributed by atoms with Crippen LogP contribution < -0.4 is 10.6 Å². The van der Waals surface area contributed by atoms with E-state index in [9.17, 15) is 9.59 Å². The molecule has 1 aliphatic rings. The van der Waals surface area contributed by atoms with Crippen molar-refractivity contribution in [2.75, 3.05) is 6.54 Å². The first-order valence-corrected chi connectivity index (χ1v) is 7.66. The summed E-state index contributed by atoms with van der Waals surface area (Å²) in [4.78, 5) is 24.4. The summed E-state index contributed by atoms with van der Waals surface area (Å²) in [6.45, 7) is 6.06. The maximum atomic E-state index is 12.3. The van der Waals surface area contributed by atoms with Crippen molar-refractivity contribution in [3.05, 3.63) is 35.9 Å². The fourth-order valence-electron chi connectivity index (χ4n) is 2.40.